The van der Waals surface area contributed by atoms with E-state index in [1.165, 1.54) is 12.1 Å². The average molecular weight is 581 g/mol. The summed E-state index contributed by atoms with van der Waals surface area (Å²) < 4.78 is 37.4. The zero-order valence-corrected chi connectivity index (χ0v) is 25.4. The van der Waals surface area contributed by atoms with Crippen molar-refractivity contribution >= 4 is 16.9 Å². The Morgan fingerprint density at radius 2 is 1.58 bits per heavy atom. The summed E-state index contributed by atoms with van der Waals surface area (Å²) in [6, 6.07) is 21.9. The molecule has 0 saturated carbocycles. The van der Waals surface area contributed by atoms with Gasteiger partial charge in [-0.1, -0.05) is 18.2 Å². The molecule has 1 heterocycles. The normalized spacial score (nSPS) is 13.2. The lowest BCUT2D eigenvalue weighted by atomic mass is 9.85. The number of methoxy groups -OCH3 is 2. The van der Waals surface area contributed by atoms with Gasteiger partial charge in [-0.2, -0.15) is 0 Å². The molecular weight excluding hydrogens is 543 g/mol. The van der Waals surface area contributed by atoms with Gasteiger partial charge >= 0.3 is 0 Å². The maximum Gasteiger partial charge on any atom is 0.190 e. The highest BCUT2D eigenvalue weighted by Crippen LogP contribution is 2.43. The van der Waals surface area contributed by atoms with E-state index >= 15 is 0 Å². The SMILES string of the molecule is C=C(Nc1ccc(OC)cc1)Oc1ccc(-c2ccc3c(c2COc2cc(F)ccc2C)C(C)=CC(C)(C)N3)c(OC)c1. The lowest BCUT2D eigenvalue weighted by Gasteiger charge is -2.33. The summed E-state index contributed by atoms with van der Waals surface area (Å²) in [6.45, 7) is 12.5. The zero-order chi connectivity index (χ0) is 30.7. The zero-order valence-electron chi connectivity index (χ0n) is 25.4. The number of halogens is 1. The number of anilines is 2. The monoisotopic (exact) mass is 580 g/mol. The Hall–Kier alpha value is -4.91. The highest BCUT2D eigenvalue weighted by atomic mass is 19.1. The second-order valence-electron chi connectivity index (χ2n) is 11.1. The molecule has 0 fully saturated rings. The number of benzene rings is 4. The number of aryl methyl sites for hydroxylation is 1. The summed E-state index contributed by atoms with van der Waals surface area (Å²) in [6.07, 6.45) is 2.21. The van der Waals surface area contributed by atoms with Gasteiger partial charge < -0.3 is 29.6 Å². The van der Waals surface area contributed by atoms with Crippen LogP contribution in [-0.2, 0) is 6.61 Å². The third kappa shape index (κ3) is 6.61. The van der Waals surface area contributed by atoms with Gasteiger partial charge in [-0.05, 0) is 99.5 Å². The molecule has 0 aliphatic carbocycles. The maximum atomic E-state index is 14.1. The summed E-state index contributed by atoms with van der Waals surface area (Å²) >= 11 is 0. The van der Waals surface area contributed by atoms with Gasteiger partial charge in [-0.15, -0.1) is 0 Å². The van der Waals surface area contributed by atoms with E-state index < -0.39 is 0 Å². The number of hydrogen-bond donors (Lipinski definition) is 2. The third-order valence-electron chi connectivity index (χ3n) is 7.34. The van der Waals surface area contributed by atoms with Gasteiger partial charge in [0, 0.05) is 40.2 Å². The number of hydrogen-bond acceptors (Lipinski definition) is 6. The van der Waals surface area contributed by atoms with Gasteiger partial charge in [0.2, 0.25) is 0 Å². The molecule has 6 nitrogen and oxygen atoms in total. The number of ether oxygens (including phenoxy) is 4. The quantitative estimate of drug-likeness (QED) is 0.183. The van der Waals surface area contributed by atoms with Crippen LogP contribution in [0, 0.1) is 12.7 Å². The van der Waals surface area contributed by atoms with E-state index in [2.05, 4.69) is 56.2 Å². The fraction of sp³-hybridized carbons (Fsp3) is 0.222. The van der Waals surface area contributed by atoms with Crippen molar-refractivity contribution in [2.75, 3.05) is 24.9 Å². The Morgan fingerprint density at radius 3 is 2.30 bits per heavy atom. The molecule has 0 saturated heterocycles. The minimum Gasteiger partial charge on any atom is -0.497 e. The van der Waals surface area contributed by atoms with Crippen molar-refractivity contribution in [2.45, 2.75) is 39.8 Å². The molecule has 0 bridgehead atoms. The third-order valence-corrected chi connectivity index (χ3v) is 7.34. The molecular formula is C36H37FN2O4. The van der Waals surface area contributed by atoms with Gasteiger partial charge in [-0.3, -0.25) is 0 Å². The summed E-state index contributed by atoms with van der Waals surface area (Å²) in [5, 5.41) is 6.77. The van der Waals surface area contributed by atoms with E-state index in [4.69, 9.17) is 18.9 Å². The fourth-order valence-corrected chi connectivity index (χ4v) is 5.44. The lowest BCUT2D eigenvalue weighted by molar-refractivity contribution is 0.302. The molecule has 2 N–H and O–H groups in total. The largest absolute Gasteiger partial charge is 0.497 e. The van der Waals surface area contributed by atoms with E-state index in [0.29, 0.717) is 23.1 Å². The molecule has 0 amide bonds. The maximum absolute atomic E-state index is 14.1. The number of nitrogens with one attached hydrogen (secondary N) is 2. The van der Waals surface area contributed by atoms with Crippen molar-refractivity contribution < 1.29 is 23.3 Å². The molecule has 4 aromatic carbocycles. The van der Waals surface area contributed by atoms with Crippen LogP contribution < -0.4 is 29.6 Å². The molecule has 1 aliphatic heterocycles. The van der Waals surface area contributed by atoms with Gasteiger partial charge in [0.25, 0.3) is 0 Å². The molecule has 0 spiro atoms. The van der Waals surface area contributed by atoms with Crippen LogP contribution in [0.5, 0.6) is 23.0 Å². The lowest BCUT2D eigenvalue weighted by Crippen LogP contribution is -2.32. The Labute approximate surface area is 252 Å². The molecule has 0 unspecified atom stereocenters. The van der Waals surface area contributed by atoms with Gasteiger partial charge in [0.15, 0.2) is 5.88 Å². The van der Waals surface area contributed by atoms with E-state index in [0.717, 1.165) is 50.5 Å². The second-order valence-corrected chi connectivity index (χ2v) is 11.1. The second kappa shape index (κ2) is 12.1. The van der Waals surface area contributed by atoms with Crippen molar-refractivity contribution in [1.29, 1.82) is 0 Å². The molecule has 0 aromatic heterocycles. The first-order valence-corrected chi connectivity index (χ1v) is 14.1. The van der Waals surface area contributed by atoms with E-state index in [1.807, 2.05) is 49.4 Å². The molecule has 0 atom stereocenters. The van der Waals surface area contributed by atoms with Crippen LogP contribution in [0.3, 0.4) is 0 Å². The van der Waals surface area contributed by atoms with Crippen LogP contribution >= 0.6 is 0 Å². The van der Waals surface area contributed by atoms with Crippen molar-refractivity contribution in [3.63, 3.8) is 0 Å². The van der Waals surface area contributed by atoms with Crippen molar-refractivity contribution in [3.05, 3.63) is 114 Å². The first-order chi connectivity index (χ1) is 20.6. The minimum absolute atomic E-state index is 0.200. The first-order valence-electron chi connectivity index (χ1n) is 14.1. The summed E-state index contributed by atoms with van der Waals surface area (Å²) in [5.74, 6) is 2.49. The van der Waals surface area contributed by atoms with Crippen LogP contribution in [0.4, 0.5) is 15.8 Å². The van der Waals surface area contributed by atoms with Crippen molar-refractivity contribution in [1.82, 2.24) is 0 Å². The van der Waals surface area contributed by atoms with Crippen molar-refractivity contribution in [3.8, 4) is 34.1 Å². The predicted octanol–water partition coefficient (Wildman–Crippen LogP) is 8.97. The van der Waals surface area contributed by atoms with Crippen LogP contribution in [0.25, 0.3) is 16.7 Å². The van der Waals surface area contributed by atoms with E-state index in [1.54, 1.807) is 20.3 Å². The van der Waals surface area contributed by atoms with Gasteiger partial charge in [-0.25, -0.2) is 4.39 Å². The fourth-order valence-electron chi connectivity index (χ4n) is 5.44. The highest BCUT2D eigenvalue weighted by Gasteiger charge is 2.27. The topological polar surface area (TPSA) is 61.0 Å². The first kappa shape index (κ1) is 29.6. The van der Waals surface area contributed by atoms with Crippen LogP contribution in [0.1, 0.15) is 37.5 Å². The van der Waals surface area contributed by atoms with Crippen LogP contribution in [0.15, 0.2) is 91.3 Å². The molecule has 5 rings (SSSR count). The Balaban J connectivity index is 1.48. The summed E-state index contributed by atoms with van der Waals surface area (Å²) in [5.41, 5.74) is 7.48. The Morgan fingerprint density at radius 1 is 0.860 bits per heavy atom. The summed E-state index contributed by atoms with van der Waals surface area (Å²) in [7, 11) is 3.26. The molecule has 222 valence electrons. The predicted molar refractivity (Wildman–Crippen MR) is 172 cm³/mol. The average Bonchev–Trinajstić information content (AvgIpc) is 2.97. The van der Waals surface area contributed by atoms with Crippen LogP contribution in [0.2, 0.25) is 0 Å². The molecule has 4 aromatic rings. The molecule has 43 heavy (non-hydrogen) atoms. The Bertz CT molecular complexity index is 1690. The highest BCUT2D eigenvalue weighted by molar-refractivity contribution is 5.88. The molecule has 0 radical (unpaired) electrons. The molecule has 1 aliphatic rings. The number of rotatable bonds is 10. The van der Waals surface area contributed by atoms with E-state index in [9.17, 15) is 4.39 Å². The van der Waals surface area contributed by atoms with Gasteiger partial charge in [0.1, 0.15) is 35.4 Å². The van der Waals surface area contributed by atoms with Crippen LogP contribution in [-0.4, -0.2) is 19.8 Å². The van der Waals surface area contributed by atoms with Crippen molar-refractivity contribution in [2.24, 2.45) is 0 Å². The number of allylic oxidation sites excluding steroid dienone is 1. The minimum atomic E-state index is -0.337. The number of fused-ring (bicyclic) bond motifs is 1. The molecule has 7 heteroatoms. The standard InChI is InChI=1S/C36H37FN2O4/c1-22-8-9-25(37)18-33(22)42-21-31-29(16-17-32-35(31)23(2)20-36(4,5)39-32)30-15-14-28(19-34(30)41-7)43-24(3)38-26-10-12-27(40-6)13-11-26/h8-20,38-39H,3,21H2,1-2,4-7H3. The summed E-state index contributed by atoms with van der Waals surface area (Å²) in [4.78, 5) is 0. The van der Waals surface area contributed by atoms with E-state index in [-0.39, 0.29) is 18.0 Å². The smallest absolute Gasteiger partial charge is 0.190 e. The van der Waals surface area contributed by atoms with Gasteiger partial charge in [0.05, 0.1) is 19.8 Å². The Kier molecular flexibility index (Phi) is 8.35.